The zero-order valence-corrected chi connectivity index (χ0v) is 10.5. The van der Waals surface area contributed by atoms with E-state index in [9.17, 15) is 0 Å². The summed E-state index contributed by atoms with van der Waals surface area (Å²) in [6.45, 7) is 4.15. The van der Waals surface area contributed by atoms with E-state index in [1.165, 1.54) is 24.8 Å². The Labute approximate surface area is 103 Å². The van der Waals surface area contributed by atoms with Crippen LogP contribution in [0.3, 0.4) is 0 Å². The van der Waals surface area contributed by atoms with Crippen LogP contribution in [0.1, 0.15) is 31.7 Å². The van der Waals surface area contributed by atoms with Gasteiger partial charge in [0.05, 0.1) is 18.2 Å². The third kappa shape index (κ3) is 1.80. The molecule has 3 atom stereocenters. The number of fused-ring (bicyclic) bond motifs is 1. The average molecular weight is 231 g/mol. The van der Waals surface area contributed by atoms with Crippen LogP contribution in [0.5, 0.6) is 0 Å². The second-order valence-electron chi connectivity index (χ2n) is 5.43. The summed E-state index contributed by atoms with van der Waals surface area (Å²) in [5.41, 5.74) is 1.47. The van der Waals surface area contributed by atoms with Gasteiger partial charge in [-0.25, -0.2) is 0 Å². The Kier molecular flexibility index (Phi) is 2.93. The molecule has 0 radical (unpaired) electrons. The molecule has 2 heteroatoms. The topological polar surface area (TPSA) is 21.3 Å². The maximum Gasteiger partial charge on any atom is 0.0824 e. The van der Waals surface area contributed by atoms with Gasteiger partial charge >= 0.3 is 0 Å². The van der Waals surface area contributed by atoms with Crippen molar-refractivity contribution in [2.45, 2.75) is 37.8 Å². The second kappa shape index (κ2) is 4.43. The first-order chi connectivity index (χ1) is 8.33. The minimum Gasteiger partial charge on any atom is -0.374 e. The Balaban J connectivity index is 2.01. The summed E-state index contributed by atoms with van der Waals surface area (Å²) in [5.74, 6) is 0.650. The van der Waals surface area contributed by atoms with E-state index in [2.05, 4.69) is 42.6 Å². The molecule has 1 saturated carbocycles. The zero-order chi connectivity index (χ0) is 11.7. The summed E-state index contributed by atoms with van der Waals surface area (Å²) in [4.78, 5) is 0. The smallest absolute Gasteiger partial charge is 0.0824 e. The van der Waals surface area contributed by atoms with Gasteiger partial charge in [0.1, 0.15) is 0 Å². The van der Waals surface area contributed by atoms with Crippen LogP contribution in [0.2, 0.25) is 0 Å². The lowest BCUT2D eigenvalue weighted by atomic mass is 9.69. The van der Waals surface area contributed by atoms with Crippen LogP contribution in [0.4, 0.5) is 0 Å². The van der Waals surface area contributed by atoms with E-state index in [0.29, 0.717) is 12.0 Å². The molecule has 3 unspecified atom stereocenters. The van der Waals surface area contributed by atoms with E-state index < -0.39 is 0 Å². The van der Waals surface area contributed by atoms with Crippen molar-refractivity contribution in [3.8, 4) is 0 Å². The molecule has 2 nitrogen and oxygen atoms in total. The first-order valence-electron chi connectivity index (χ1n) is 6.75. The minimum atomic E-state index is 0.0666. The largest absolute Gasteiger partial charge is 0.374 e. The molecule has 0 spiro atoms. The Bertz CT molecular complexity index is 374. The molecule has 2 aliphatic rings. The van der Waals surface area contributed by atoms with Gasteiger partial charge < -0.3 is 10.1 Å². The van der Waals surface area contributed by atoms with Crippen LogP contribution < -0.4 is 5.32 Å². The zero-order valence-electron chi connectivity index (χ0n) is 10.5. The third-order valence-corrected chi connectivity index (χ3v) is 4.36. The molecule has 1 aromatic rings. The van der Waals surface area contributed by atoms with Crippen molar-refractivity contribution in [1.29, 1.82) is 0 Å². The summed E-state index contributed by atoms with van der Waals surface area (Å²) in [6, 6.07) is 10.8. The Morgan fingerprint density at radius 1 is 1.29 bits per heavy atom. The maximum atomic E-state index is 6.09. The van der Waals surface area contributed by atoms with Crippen LogP contribution in [0.15, 0.2) is 30.3 Å². The molecular formula is C15H21NO. The van der Waals surface area contributed by atoms with Crippen molar-refractivity contribution in [2.24, 2.45) is 5.92 Å². The molecule has 1 N–H and O–H groups in total. The lowest BCUT2D eigenvalue weighted by Crippen LogP contribution is -2.61. The molecule has 92 valence electrons. The third-order valence-electron chi connectivity index (χ3n) is 4.36. The summed E-state index contributed by atoms with van der Waals surface area (Å²) >= 11 is 0. The van der Waals surface area contributed by atoms with Crippen molar-refractivity contribution >= 4 is 0 Å². The number of morpholine rings is 1. The molecule has 17 heavy (non-hydrogen) atoms. The van der Waals surface area contributed by atoms with Crippen molar-refractivity contribution in [3.63, 3.8) is 0 Å². The Morgan fingerprint density at radius 3 is 2.94 bits per heavy atom. The van der Waals surface area contributed by atoms with E-state index in [1.54, 1.807) is 0 Å². The molecule has 0 bridgehead atoms. The van der Waals surface area contributed by atoms with Crippen molar-refractivity contribution < 1.29 is 4.74 Å². The molecular weight excluding hydrogens is 210 g/mol. The first-order valence-corrected chi connectivity index (χ1v) is 6.75. The quantitative estimate of drug-likeness (QED) is 0.802. The molecule has 0 amide bonds. The summed E-state index contributed by atoms with van der Waals surface area (Å²) in [6.07, 6.45) is 4.13. The van der Waals surface area contributed by atoms with Gasteiger partial charge in [-0.05, 0) is 24.3 Å². The fraction of sp³-hybridized carbons (Fsp3) is 0.600. The van der Waals surface area contributed by atoms with Gasteiger partial charge in [0.15, 0.2) is 0 Å². The highest BCUT2D eigenvalue weighted by Gasteiger charge is 2.47. The monoisotopic (exact) mass is 231 g/mol. The van der Waals surface area contributed by atoms with E-state index in [0.717, 1.165) is 13.2 Å². The van der Waals surface area contributed by atoms with Gasteiger partial charge in [-0.3, -0.25) is 0 Å². The highest BCUT2D eigenvalue weighted by molar-refractivity contribution is 5.28. The fourth-order valence-electron chi connectivity index (χ4n) is 3.58. The SMILES string of the molecule is CC1CCCC2(c3ccccc3)NCCOC12. The van der Waals surface area contributed by atoms with Crippen LogP contribution in [0, 0.1) is 5.92 Å². The standard InChI is InChI=1S/C15H21NO/c1-12-6-5-9-15(13-7-3-2-4-8-13)14(12)17-11-10-16-15/h2-4,7-8,12,14,16H,5-6,9-11H2,1H3. The molecule has 3 rings (SSSR count). The lowest BCUT2D eigenvalue weighted by molar-refractivity contribution is -0.103. The Morgan fingerprint density at radius 2 is 2.12 bits per heavy atom. The first kappa shape index (κ1) is 11.2. The summed E-state index contributed by atoms with van der Waals surface area (Å²) in [5, 5.41) is 3.76. The average Bonchev–Trinajstić information content (AvgIpc) is 2.40. The number of ether oxygens (including phenoxy) is 1. The molecule has 1 aliphatic carbocycles. The van der Waals surface area contributed by atoms with Crippen molar-refractivity contribution in [3.05, 3.63) is 35.9 Å². The summed E-state index contributed by atoms with van der Waals surface area (Å²) in [7, 11) is 0. The van der Waals surface area contributed by atoms with E-state index in [1.807, 2.05) is 0 Å². The van der Waals surface area contributed by atoms with E-state index >= 15 is 0 Å². The van der Waals surface area contributed by atoms with E-state index in [4.69, 9.17) is 4.74 Å². The lowest BCUT2D eigenvalue weighted by Gasteiger charge is -2.50. The number of rotatable bonds is 1. The number of nitrogens with one attached hydrogen (secondary N) is 1. The highest BCUT2D eigenvalue weighted by Crippen LogP contribution is 2.43. The predicted molar refractivity (Wildman–Crippen MR) is 68.9 cm³/mol. The van der Waals surface area contributed by atoms with Gasteiger partial charge in [-0.15, -0.1) is 0 Å². The molecule has 1 aromatic carbocycles. The molecule has 0 aromatic heterocycles. The Hall–Kier alpha value is -0.860. The second-order valence-corrected chi connectivity index (χ2v) is 5.43. The van der Waals surface area contributed by atoms with Gasteiger partial charge in [0, 0.05) is 6.54 Å². The number of benzene rings is 1. The molecule has 1 heterocycles. The molecule has 1 aliphatic heterocycles. The van der Waals surface area contributed by atoms with Gasteiger partial charge in [-0.2, -0.15) is 0 Å². The number of hydrogen-bond donors (Lipinski definition) is 1. The van der Waals surface area contributed by atoms with Crippen LogP contribution in [-0.4, -0.2) is 19.3 Å². The minimum absolute atomic E-state index is 0.0666. The van der Waals surface area contributed by atoms with Gasteiger partial charge in [0.2, 0.25) is 0 Å². The van der Waals surface area contributed by atoms with Crippen molar-refractivity contribution in [1.82, 2.24) is 5.32 Å². The number of hydrogen-bond acceptors (Lipinski definition) is 2. The molecule has 2 fully saturated rings. The maximum absolute atomic E-state index is 6.09. The van der Waals surface area contributed by atoms with Crippen LogP contribution in [-0.2, 0) is 10.3 Å². The van der Waals surface area contributed by atoms with E-state index in [-0.39, 0.29) is 5.54 Å². The van der Waals surface area contributed by atoms with Gasteiger partial charge in [0.25, 0.3) is 0 Å². The molecule has 1 saturated heterocycles. The normalized spacial score (nSPS) is 37.5. The summed E-state index contributed by atoms with van der Waals surface area (Å²) < 4.78 is 6.09. The van der Waals surface area contributed by atoms with Gasteiger partial charge in [-0.1, -0.05) is 43.7 Å². The highest BCUT2D eigenvalue weighted by atomic mass is 16.5. The van der Waals surface area contributed by atoms with Crippen molar-refractivity contribution in [2.75, 3.05) is 13.2 Å². The van der Waals surface area contributed by atoms with Crippen LogP contribution in [0.25, 0.3) is 0 Å². The fourth-order valence-corrected chi connectivity index (χ4v) is 3.58. The predicted octanol–water partition coefficient (Wildman–Crippen LogP) is 2.69. The van der Waals surface area contributed by atoms with Crippen LogP contribution >= 0.6 is 0 Å².